The molecular weight excluding hydrogens is 388 g/mol. The second kappa shape index (κ2) is 7.54. The predicted molar refractivity (Wildman–Crippen MR) is 120 cm³/mol. The largest absolute Gasteiger partial charge is 0.336 e. The molecule has 0 atom stereocenters. The van der Waals surface area contributed by atoms with Gasteiger partial charge in [0.15, 0.2) is 0 Å². The molecule has 31 heavy (non-hydrogen) atoms. The predicted octanol–water partition coefficient (Wildman–Crippen LogP) is 3.39. The lowest BCUT2D eigenvalue weighted by Gasteiger charge is -2.29. The topological polar surface area (TPSA) is 60.1 Å². The molecule has 1 aliphatic rings. The number of fused-ring (bicyclic) bond motifs is 2. The summed E-state index contributed by atoms with van der Waals surface area (Å²) in [5.74, 6) is -0.0554. The highest BCUT2D eigenvalue weighted by Crippen LogP contribution is 2.24. The van der Waals surface area contributed by atoms with Crippen LogP contribution >= 0.6 is 0 Å². The summed E-state index contributed by atoms with van der Waals surface area (Å²) in [5, 5.41) is 5.62. The van der Waals surface area contributed by atoms with E-state index in [-0.39, 0.29) is 18.0 Å². The minimum absolute atomic E-state index is 0.00422. The molecule has 0 fully saturated rings. The maximum Gasteiger partial charge on any atom is 0.252 e. The highest BCUT2D eigenvalue weighted by atomic mass is 16.2. The van der Waals surface area contributed by atoms with E-state index in [1.165, 1.54) is 11.1 Å². The van der Waals surface area contributed by atoms with E-state index in [9.17, 15) is 9.59 Å². The first-order valence-corrected chi connectivity index (χ1v) is 10.5. The quantitative estimate of drug-likeness (QED) is 0.518. The fourth-order valence-electron chi connectivity index (χ4n) is 4.51. The minimum Gasteiger partial charge on any atom is -0.336 e. The van der Waals surface area contributed by atoms with E-state index in [0.717, 1.165) is 28.8 Å². The summed E-state index contributed by atoms with van der Waals surface area (Å²) in [6, 6.07) is 19.5. The summed E-state index contributed by atoms with van der Waals surface area (Å²) < 4.78 is 3.34. The Balaban J connectivity index is 1.57. The van der Waals surface area contributed by atoms with Crippen LogP contribution < -0.4 is 5.56 Å². The van der Waals surface area contributed by atoms with Crippen molar-refractivity contribution in [1.82, 2.24) is 19.2 Å². The Hall–Kier alpha value is -3.67. The third-order valence-corrected chi connectivity index (χ3v) is 6.07. The highest BCUT2D eigenvalue weighted by Gasteiger charge is 2.23. The molecule has 3 heterocycles. The molecule has 156 valence electrons. The first-order chi connectivity index (χ1) is 15.0. The van der Waals surface area contributed by atoms with Gasteiger partial charge in [-0.25, -0.2) is 4.68 Å². The first kappa shape index (κ1) is 19.3. The van der Waals surface area contributed by atoms with Crippen LogP contribution in [0.25, 0.3) is 16.7 Å². The van der Waals surface area contributed by atoms with Crippen molar-refractivity contribution in [2.24, 2.45) is 0 Å². The van der Waals surface area contributed by atoms with E-state index in [0.29, 0.717) is 18.7 Å². The zero-order valence-electron chi connectivity index (χ0n) is 17.7. The monoisotopic (exact) mass is 412 g/mol. The van der Waals surface area contributed by atoms with E-state index in [4.69, 9.17) is 5.10 Å². The van der Waals surface area contributed by atoms with E-state index >= 15 is 0 Å². The number of hydrogen-bond acceptors (Lipinski definition) is 3. The van der Waals surface area contributed by atoms with Gasteiger partial charge < -0.3 is 4.90 Å². The second-order valence-corrected chi connectivity index (χ2v) is 8.12. The molecule has 0 radical (unpaired) electrons. The van der Waals surface area contributed by atoms with Crippen molar-refractivity contribution in [2.45, 2.75) is 33.4 Å². The van der Waals surface area contributed by atoms with Crippen molar-refractivity contribution in [3.63, 3.8) is 0 Å². The first-order valence-electron chi connectivity index (χ1n) is 10.5. The van der Waals surface area contributed by atoms with E-state index in [1.807, 2.05) is 61.2 Å². The van der Waals surface area contributed by atoms with Gasteiger partial charge in [0.1, 0.15) is 12.2 Å². The second-order valence-electron chi connectivity index (χ2n) is 8.12. The number of carbonyl (C=O) groups excluding carboxylic acids is 1. The zero-order chi connectivity index (χ0) is 21.5. The third-order valence-electron chi connectivity index (χ3n) is 6.07. The van der Waals surface area contributed by atoms with Crippen LogP contribution in [0.4, 0.5) is 0 Å². The Kier molecular flexibility index (Phi) is 4.70. The van der Waals surface area contributed by atoms with Crippen LogP contribution in [-0.4, -0.2) is 31.7 Å². The number of rotatable bonds is 3. The van der Waals surface area contributed by atoms with Crippen LogP contribution in [0.2, 0.25) is 0 Å². The van der Waals surface area contributed by atoms with Crippen LogP contribution in [0, 0.1) is 13.8 Å². The van der Waals surface area contributed by atoms with Gasteiger partial charge in [0.2, 0.25) is 5.91 Å². The normalized spacial score (nSPS) is 13.4. The number of pyridine rings is 1. The van der Waals surface area contributed by atoms with Gasteiger partial charge in [0.25, 0.3) is 5.56 Å². The molecule has 1 amide bonds. The number of nitrogens with zero attached hydrogens (tertiary/aromatic N) is 4. The zero-order valence-corrected chi connectivity index (χ0v) is 17.7. The third kappa shape index (κ3) is 3.34. The summed E-state index contributed by atoms with van der Waals surface area (Å²) in [7, 11) is 0. The van der Waals surface area contributed by atoms with Gasteiger partial charge in [-0.1, -0.05) is 42.5 Å². The van der Waals surface area contributed by atoms with Crippen LogP contribution in [0.5, 0.6) is 0 Å². The van der Waals surface area contributed by atoms with Gasteiger partial charge in [-0.05, 0) is 49.1 Å². The number of carbonyl (C=O) groups is 1. The Morgan fingerprint density at radius 1 is 1.00 bits per heavy atom. The molecule has 0 saturated heterocycles. The number of aryl methyl sites for hydroxylation is 2. The summed E-state index contributed by atoms with van der Waals surface area (Å²) in [6.07, 6.45) is 0.835. The van der Waals surface area contributed by atoms with Crippen molar-refractivity contribution in [1.29, 1.82) is 0 Å². The average molecular weight is 412 g/mol. The minimum atomic E-state index is -0.187. The molecule has 2 aromatic heterocycles. The number of hydrogen-bond donors (Lipinski definition) is 0. The fourth-order valence-corrected chi connectivity index (χ4v) is 4.51. The Morgan fingerprint density at radius 2 is 1.71 bits per heavy atom. The summed E-state index contributed by atoms with van der Waals surface area (Å²) in [5.41, 5.74) is 5.51. The smallest absolute Gasteiger partial charge is 0.252 e. The Labute approximate surface area is 180 Å². The summed E-state index contributed by atoms with van der Waals surface area (Å²) in [6.45, 7) is 5.09. The Bertz CT molecular complexity index is 1350. The maximum atomic E-state index is 13.2. The fraction of sp³-hybridized carbons (Fsp3) is 0.240. The van der Waals surface area contributed by atoms with Gasteiger partial charge in [0.05, 0.1) is 11.4 Å². The molecule has 0 N–H and O–H groups in total. The molecule has 4 aromatic rings. The van der Waals surface area contributed by atoms with Crippen molar-refractivity contribution >= 4 is 16.9 Å². The standard InChI is InChI=1S/C25H24N4O2/c1-17-14-22(30)28(16-23(31)27-13-12-19-8-6-7-9-20(19)15-27)25-24(17)18(2)26-29(25)21-10-4-3-5-11-21/h3-11,14H,12-13,15-16H2,1-2H3. The lowest BCUT2D eigenvalue weighted by atomic mass is 10.00. The molecule has 6 heteroatoms. The van der Waals surface area contributed by atoms with Gasteiger partial charge >= 0.3 is 0 Å². The number of benzene rings is 2. The summed E-state index contributed by atoms with van der Waals surface area (Å²) >= 11 is 0. The number of aromatic nitrogens is 3. The number of amides is 1. The van der Waals surface area contributed by atoms with Crippen molar-refractivity contribution < 1.29 is 4.79 Å². The van der Waals surface area contributed by atoms with E-state index in [2.05, 4.69) is 12.1 Å². The van der Waals surface area contributed by atoms with Gasteiger partial charge in [-0.15, -0.1) is 0 Å². The molecule has 0 saturated carbocycles. The van der Waals surface area contributed by atoms with Crippen molar-refractivity contribution in [2.75, 3.05) is 6.54 Å². The SMILES string of the molecule is Cc1cc(=O)n(CC(=O)N2CCc3ccccc3C2)c2c1c(C)nn2-c1ccccc1. The van der Waals surface area contributed by atoms with E-state index < -0.39 is 0 Å². The highest BCUT2D eigenvalue weighted by molar-refractivity contribution is 5.85. The van der Waals surface area contributed by atoms with Crippen LogP contribution in [0.1, 0.15) is 22.4 Å². The molecule has 1 aliphatic heterocycles. The van der Waals surface area contributed by atoms with E-state index in [1.54, 1.807) is 15.3 Å². The Morgan fingerprint density at radius 3 is 2.48 bits per heavy atom. The van der Waals surface area contributed by atoms with Crippen LogP contribution in [0.3, 0.4) is 0 Å². The van der Waals surface area contributed by atoms with Gasteiger partial charge in [-0.3, -0.25) is 14.2 Å². The molecule has 5 rings (SSSR count). The molecule has 2 aromatic carbocycles. The van der Waals surface area contributed by atoms with Crippen LogP contribution in [0.15, 0.2) is 65.5 Å². The lowest BCUT2D eigenvalue weighted by Crippen LogP contribution is -2.40. The lowest BCUT2D eigenvalue weighted by molar-refractivity contribution is -0.132. The molecule has 6 nitrogen and oxygen atoms in total. The summed E-state index contributed by atoms with van der Waals surface area (Å²) in [4.78, 5) is 28.1. The molecular formula is C25H24N4O2. The molecule has 0 bridgehead atoms. The number of para-hydroxylation sites is 1. The van der Waals surface area contributed by atoms with Gasteiger partial charge in [0, 0.05) is 24.5 Å². The van der Waals surface area contributed by atoms with Crippen molar-refractivity contribution in [3.8, 4) is 5.69 Å². The van der Waals surface area contributed by atoms with Gasteiger partial charge in [-0.2, -0.15) is 5.10 Å². The van der Waals surface area contributed by atoms with Crippen LogP contribution in [-0.2, 0) is 24.3 Å². The molecule has 0 unspecified atom stereocenters. The molecule has 0 aliphatic carbocycles. The maximum absolute atomic E-state index is 13.2. The molecule has 0 spiro atoms. The average Bonchev–Trinajstić information content (AvgIpc) is 3.14. The van der Waals surface area contributed by atoms with Crippen molar-refractivity contribution in [3.05, 3.63) is 93.4 Å².